The first-order valence-electron chi connectivity index (χ1n) is 8.56. The van der Waals surface area contributed by atoms with Crippen LogP contribution in [0.3, 0.4) is 0 Å². The molecule has 3 aromatic rings. The SMILES string of the molecule is Cc1noc(C)c1CSCC(=O)NC(CN)c1ccc2ccccc2c1. The number of rotatable bonds is 7. The van der Waals surface area contributed by atoms with Gasteiger partial charge in [-0.15, -0.1) is 11.8 Å². The van der Waals surface area contributed by atoms with Crippen molar-refractivity contribution >= 4 is 28.4 Å². The lowest BCUT2D eigenvalue weighted by atomic mass is 10.0. The highest BCUT2D eigenvalue weighted by Gasteiger charge is 2.15. The lowest BCUT2D eigenvalue weighted by Crippen LogP contribution is -2.34. The summed E-state index contributed by atoms with van der Waals surface area (Å²) in [5.74, 6) is 1.86. The first kappa shape index (κ1) is 18.5. The van der Waals surface area contributed by atoms with Crippen molar-refractivity contribution in [3.05, 3.63) is 65.0 Å². The topological polar surface area (TPSA) is 81.2 Å². The summed E-state index contributed by atoms with van der Waals surface area (Å²) in [6.07, 6.45) is 0. The van der Waals surface area contributed by atoms with Crippen molar-refractivity contribution < 1.29 is 9.32 Å². The van der Waals surface area contributed by atoms with Gasteiger partial charge in [0.2, 0.25) is 5.91 Å². The molecule has 0 saturated carbocycles. The van der Waals surface area contributed by atoms with Crippen LogP contribution in [0.1, 0.15) is 28.6 Å². The number of nitrogens with one attached hydrogen (secondary N) is 1. The Morgan fingerprint density at radius 3 is 2.69 bits per heavy atom. The van der Waals surface area contributed by atoms with Crippen molar-refractivity contribution in [2.75, 3.05) is 12.3 Å². The van der Waals surface area contributed by atoms with Crippen molar-refractivity contribution in [3.8, 4) is 0 Å². The maximum atomic E-state index is 12.3. The first-order chi connectivity index (χ1) is 12.6. The number of nitrogens with two attached hydrogens (primary N) is 1. The van der Waals surface area contributed by atoms with E-state index in [9.17, 15) is 4.79 Å². The first-order valence-corrected chi connectivity index (χ1v) is 9.71. The zero-order valence-corrected chi connectivity index (χ0v) is 15.8. The molecule has 5 nitrogen and oxygen atoms in total. The summed E-state index contributed by atoms with van der Waals surface area (Å²) in [4.78, 5) is 12.3. The molecule has 0 saturated heterocycles. The molecule has 1 heterocycles. The van der Waals surface area contributed by atoms with Crippen LogP contribution in [0.25, 0.3) is 10.8 Å². The Kier molecular flexibility index (Phi) is 5.96. The Morgan fingerprint density at radius 2 is 2.00 bits per heavy atom. The van der Waals surface area contributed by atoms with Crippen LogP contribution in [0.4, 0.5) is 0 Å². The lowest BCUT2D eigenvalue weighted by Gasteiger charge is -2.18. The summed E-state index contributed by atoms with van der Waals surface area (Å²) in [6.45, 7) is 4.16. The summed E-state index contributed by atoms with van der Waals surface area (Å²) in [5, 5.41) is 9.29. The Hall–Kier alpha value is -2.31. The molecule has 136 valence electrons. The molecule has 3 rings (SSSR count). The van der Waals surface area contributed by atoms with Gasteiger partial charge in [-0.05, 0) is 36.2 Å². The van der Waals surface area contributed by atoms with Crippen molar-refractivity contribution in [2.24, 2.45) is 5.73 Å². The van der Waals surface area contributed by atoms with E-state index in [-0.39, 0.29) is 11.9 Å². The van der Waals surface area contributed by atoms with E-state index in [4.69, 9.17) is 10.3 Å². The van der Waals surface area contributed by atoms with Gasteiger partial charge < -0.3 is 15.6 Å². The molecule has 1 atom stereocenters. The number of carbonyl (C=O) groups is 1. The predicted octanol–water partition coefficient (Wildman–Crippen LogP) is 3.49. The third-order valence-electron chi connectivity index (χ3n) is 4.41. The van der Waals surface area contributed by atoms with Crippen molar-refractivity contribution in [2.45, 2.75) is 25.6 Å². The number of fused-ring (bicyclic) bond motifs is 1. The monoisotopic (exact) mass is 369 g/mol. The van der Waals surface area contributed by atoms with Gasteiger partial charge in [0.1, 0.15) is 5.76 Å². The molecule has 1 unspecified atom stereocenters. The second-order valence-electron chi connectivity index (χ2n) is 6.26. The van der Waals surface area contributed by atoms with Crippen LogP contribution in [-0.2, 0) is 10.5 Å². The van der Waals surface area contributed by atoms with Crippen LogP contribution < -0.4 is 11.1 Å². The minimum absolute atomic E-state index is 0.0228. The van der Waals surface area contributed by atoms with E-state index in [0.717, 1.165) is 28.0 Å². The number of aryl methyl sites for hydroxylation is 2. The molecule has 1 amide bonds. The van der Waals surface area contributed by atoms with Gasteiger partial charge in [-0.2, -0.15) is 0 Å². The standard InChI is InChI=1S/C20H23N3O2S/c1-13-18(14(2)25-23-13)11-26-12-20(24)22-19(10-21)17-8-7-15-5-3-4-6-16(15)9-17/h3-9,19H,10-12,21H2,1-2H3,(H,22,24). The van der Waals surface area contributed by atoms with Crippen LogP contribution in [0.5, 0.6) is 0 Å². The fourth-order valence-corrected chi connectivity index (χ4v) is 3.88. The number of hydrogen-bond acceptors (Lipinski definition) is 5. The number of aromatic nitrogens is 1. The van der Waals surface area contributed by atoms with Crippen molar-refractivity contribution in [1.29, 1.82) is 0 Å². The molecule has 26 heavy (non-hydrogen) atoms. The maximum Gasteiger partial charge on any atom is 0.230 e. The van der Waals surface area contributed by atoms with E-state index in [1.54, 1.807) is 11.8 Å². The van der Waals surface area contributed by atoms with E-state index in [2.05, 4.69) is 34.7 Å². The van der Waals surface area contributed by atoms with E-state index >= 15 is 0 Å². The highest BCUT2D eigenvalue weighted by molar-refractivity contribution is 7.99. The van der Waals surface area contributed by atoms with Crippen molar-refractivity contribution in [3.63, 3.8) is 0 Å². The fraction of sp³-hybridized carbons (Fsp3) is 0.300. The number of nitrogens with zero attached hydrogens (tertiary/aromatic N) is 1. The Bertz CT molecular complexity index is 887. The van der Waals surface area contributed by atoms with Crippen LogP contribution in [0.15, 0.2) is 47.0 Å². The highest BCUT2D eigenvalue weighted by atomic mass is 32.2. The second-order valence-corrected chi connectivity index (χ2v) is 7.24. The van der Waals surface area contributed by atoms with Gasteiger partial charge in [-0.25, -0.2) is 0 Å². The molecule has 0 aliphatic rings. The van der Waals surface area contributed by atoms with Gasteiger partial charge in [0.25, 0.3) is 0 Å². The largest absolute Gasteiger partial charge is 0.361 e. The van der Waals surface area contributed by atoms with Crippen LogP contribution in [0, 0.1) is 13.8 Å². The molecule has 0 aliphatic carbocycles. The van der Waals surface area contributed by atoms with E-state index in [0.29, 0.717) is 18.1 Å². The maximum absolute atomic E-state index is 12.3. The number of benzene rings is 2. The molecule has 0 bridgehead atoms. The average molecular weight is 369 g/mol. The fourth-order valence-electron chi connectivity index (χ4n) is 2.89. The van der Waals surface area contributed by atoms with E-state index in [1.165, 1.54) is 5.39 Å². The number of amides is 1. The predicted molar refractivity (Wildman–Crippen MR) is 106 cm³/mol. The molecule has 6 heteroatoms. The van der Waals surface area contributed by atoms with Crippen molar-refractivity contribution in [1.82, 2.24) is 10.5 Å². The Balaban J connectivity index is 1.59. The number of carbonyl (C=O) groups excluding carboxylic acids is 1. The molecule has 0 fully saturated rings. The van der Waals surface area contributed by atoms with Gasteiger partial charge >= 0.3 is 0 Å². The second kappa shape index (κ2) is 8.38. The van der Waals surface area contributed by atoms with E-state index in [1.807, 2.05) is 32.0 Å². The molecular weight excluding hydrogens is 346 g/mol. The molecule has 3 N–H and O–H groups in total. The van der Waals surface area contributed by atoms with Crippen LogP contribution >= 0.6 is 11.8 Å². The summed E-state index contributed by atoms with van der Waals surface area (Å²) >= 11 is 1.54. The van der Waals surface area contributed by atoms with Gasteiger partial charge in [0.05, 0.1) is 17.5 Å². The third-order valence-corrected chi connectivity index (χ3v) is 5.37. The summed E-state index contributed by atoms with van der Waals surface area (Å²) in [6, 6.07) is 14.1. The molecule has 0 spiro atoms. The molecule has 0 aliphatic heterocycles. The summed E-state index contributed by atoms with van der Waals surface area (Å²) in [7, 11) is 0. The zero-order chi connectivity index (χ0) is 18.5. The average Bonchev–Trinajstić information content (AvgIpc) is 2.97. The third kappa shape index (κ3) is 4.26. The molecular formula is C20H23N3O2S. The Labute approximate surface area is 157 Å². The normalized spacial score (nSPS) is 12.3. The minimum atomic E-state index is -0.188. The van der Waals surface area contributed by atoms with Gasteiger partial charge in [0.15, 0.2) is 0 Å². The minimum Gasteiger partial charge on any atom is -0.361 e. The quantitative estimate of drug-likeness (QED) is 0.666. The molecule has 2 aromatic carbocycles. The summed E-state index contributed by atoms with van der Waals surface area (Å²) < 4.78 is 5.15. The molecule has 0 radical (unpaired) electrons. The summed E-state index contributed by atoms with van der Waals surface area (Å²) in [5.41, 5.74) is 8.87. The Morgan fingerprint density at radius 1 is 1.23 bits per heavy atom. The van der Waals surface area contributed by atoms with Crippen LogP contribution in [0.2, 0.25) is 0 Å². The zero-order valence-electron chi connectivity index (χ0n) is 15.0. The van der Waals surface area contributed by atoms with Gasteiger partial charge in [-0.3, -0.25) is 4.79 Å². The number of thioether (sulfide) groups is 1. The smallest absolute Gasteiger partial charge is 0.230 e. The van der Waals surface area contributed by atoms with Gasteiger partial charge in [0, 0.05) is 17.9 Å². The molecule has 1 aromatic heterocycles. The number of hydrogen-bond donors (Lipinski definition) is 2. The van der Waals surface area contributed by atoms with Gasteiger partial charge in [-0.1, -0.05) is 41.6 Å². The van der Waals surface area contributed by atoms with E-state index < -0.39 is 0 Å². The highest BCUT2D eigenvalue weighted by Crippen LogP contribution is 2.21. The lowest BCUT2D eigenvalue weighted by molar-refractivity contribution is -0.119. The van der Waals surface area contributed by atoms with Crippen LogP contribution in [-0.4, -0.2) is 23.4 Å².